The minimum atomic E-state index is 0.0582. The fourth-order valence-corrected chi connectivity index (χ4v) is 4.30. The maximum absolute atomic E-state index is 12.8. The van der Waals surface area contributed by atoms with Gasteiger partial charge in [-0.2, -0.15) is 0 Å². The van der Waals surface area contributed by atoms with E-state index in [2.05, 4.69) is 35.9 Å². The van der Waals surface area contributed by atoms with Gasteiger partial charge in [0.05, 0.1) is 12.2 Å². The van der Waals surface area contributed by atoms with Crippen LogP contribution in [0.4, 0.5) is 0 Å². The molecule has 1 amide bonds. The summed E-state index contributed by atoms with van der Waals surface area (Å²) in [5, 5.41) is 3.61. The molecule has 4 saturated heterocycles. The first-order valence-electron chi connectivity index (χ1n) is 8.42. The molecule has 0 radical (unpaired) electrons. The minimum absolute atomic E-state index is 0.0582. The zero-order valence-corrected chi connectivity index (χ0v) is 13.1. The molecule has 2 bridgehead atoms. The molecule has 4 rings (SSSR count). The van der Waals surface area contributed by atoms with Gasteiger partial charge >= 0.3 is 0 Å². The number of hydrogen-bond acceptors (Lipinski definition) is 3. The first-order chi connectivity index (χ1) is 9.61. The second kappa shape index (κ2) is 5.64. The first kappa shape index (κ1) is 14.3. The highest BCUT2D eigenvalue weighted by atomic mass is 16.2. The van der Waals surface area contributed by atoms with Crippen LogP contribution in [0.25, 0.3) is 0 Å². The molecule has 0 aromatic heterocycles. The molecular formula is C16H29N3O. The molecule has 1 N–H and O–H groups in total. The van der Waals surface area contributed by atoms with E-state index in [0.717, 1.165) is 25.3 Å². The van der Waals surface area contributed by atoms with E-state index in [9.17, 15) is 4.79 Å². The summed E-state index contributed by atoms with van der Waals surface area (Å²) in [5.41, 5.74) is 0. The van der Waals surface area contributed by atoms with E-state index < -0.39 is 0 Å². The molecule has 0 aromatic carbocycles. The number of amides is 1. The maximum atomic E-state index is 12.8. The quantitative estimate of drug-likeness (QED) is 0.850. The predicted molar refractivity (Wildman–Crippen MR) is 80.3 cm³/mol. The third kappa shape index (κ3) is 2.37. The van der Waals surface area contributed by atoms with Gasteiger partial charge in [0.1, 0.15) is 0 Å². The summed E-state index contributed by atoms with van der Waals surface area (Å²) in [5.74, 6) is 1.58. The summed E-state index contributed by atoms with van der Waals surface area (Å²) in [4.78, 5) is 17.6. The number of fused-ring (bicyclic) bond motifs is 3. The Balaban J connectivity index is 1.80. The van der Waals surface area contributed by atoms with Crippen molar-refractivity contribution < 1.29 is 4.79 Å². The van der Waals surface area contributed by atoms with E-state index in [4.69, 9.17) is 0 Å². The van der Waals surface area contributed by atoms with Gasteiger partial charge in [-0.15, -0.1) is 0 Å². The molecule has 0 aliphatic carbocycles. The van der Waals surface area contributed by atoms with Gasteiger partial charge in [0, 0.05) is 12.6 Å². The van der Waals surface area contributed by atoms with E-state index >= 15 is 0 Å². The predicted octanol–water partition coefficient (Wildman–Crippen LogP) is 1.66. The van der Waals surface area contributed by atoms with Crippen LogP contribution in [0, 0.1) is 11.8 Å². The van der Waals surface area contributed by atoms with E-state index in [1.807, 2.05) is 0 Å². The summed E-state index contributed by atoms with van der Waals surface area (Å²) >= 11 is 0. The van der Waals surface area contributed by atoms with Crippen molar-refractivity contribution in [2.45, 2.75) is 64.7 Å². The minimum Gasteiger partial charge on any atom is -0.321 e. The van der Waals surface area contributed by atoms with Crippen LogP contribution >= 0.6 is 0 Å². The number of piperidine rings is 3. The average molecular weight is 279 g/mol. The zero-order valence-electron chi connectivity index (χ0n) is 13.1. The molecule has 4 aliphatic heterocycles. The van der Waals surface area contributed by atoms with Gasteiger partial charge in [-0.25, -0.2) is 0 Å². The smallest absolute Gasteiger partial charge is 0.241 e. The van der Waals surface area contributed by atoms with Crippen LogP contribution in [-0.2, 0) is 4.79 Å². The lowest BCUT2D eigenvalue weighted by atomic mass is 9.82. The van der Waals surface area contributed by atoms with Crippen LogP contribution in [0.15, 0.2) is 0 Å². The van der Waals surface area contributed by atoms with Gasteiger partial charge in [0.25, 0.3) is 0 Å². The van der Waals surface area contributed by atoms with Gasteiger partial charge in [-0.1, -0.05) is 27.2 Å². The molecule has 3 atom stereocenters. The Labute approximate surface area is 122 Å². The van der Waals surface area contributed by atoms with E-state index in [1.54, 1.807) is 0 Å². The van der Waals surface area contributed by atoms with Gasteiger partial charge in [0.15, 0.2) is 0 Å². The van der Waals surface area contributed by atoms with Crippen molar-refractivity contribution in [3.63, 3.8) is 0 Å². The molecule has 0 aromatic rings. The first-order valence-corrected chi connectivity index (χ1v) is 8.42. The van der Waals surface area contributed by atoms with E-state index in [0.29, 0.717) is 17.9 Å². The monoisotopic (exact) mass is 279 g/mol. The molecule has 20 heavy (non-hydrogen) atoms. The fraction of sp³-hybridized carbons (Fsp3) is 0.938. The van der Waals surface area contributed by atoms with E-state index in [1.165, 1.54) is 25.9 Å². The lowest BCUT2D eigenvalue weighted by Gasteiger charge is -2.49. The van der Waals surface area contributed by atoms with Crippen molar-refractivity contribution in [2.75, 3.05) is 19.6 Å². The highest BCUT2D eigenvalue weighted by Crippen LogP contribution is 2.35. The highest BCUT2D eigenvalue weighted by molar-refractivity contribution is 5.84. The Morgan fingerprint density at radius 2 is 2.00 bits per heavy atom. The number of carbonyl (C=O) groups excluding carboxylic acids is 1. The van der Waals surface area contributed by atoms with Crippen LogP contribution in [0.3, 0.4) is 0 Å². The third-order valence-corrected chi connectivity index (χ3v) is 5.41. The summed E-state index contributed by atoms with van der Waals surface area (Å²) in [6.07, 6.45) is 4.83. The summed E-state index contributed by atoms with van der Waals surface area (Å²) < 4.78 is 0. The fourth-order valence-electron chi connectivity index (χ4n) is 4.30. The Hall–Kier alpha value is -0.610. The topological polar surface area (TPSA) is 35.6 Å². The number of rotatable bonds is 4. The molecule has 3 unspecified atom stereocenters. The largest absolute Gasteiger partial charge is 0.321 e. The van der Waals surface area contributed by atoms with E-state index in [-0.39, 0.29) is 12.2 Å². The molecule has 4 nitrogen and oxygen atoms in total. The molecule has 4 heteroatoms. The molecule has 4 heterocycles. The number of nitrogens with zero attached hydrogens (tertiary/aromatic N) is 2. The molecule has 0 spiro atoms. The Morgan fingerprint density at radius 3 is 2.50 bits per heavy atom. The standard InChI is InChI=1S/C16H29N3O/c1-4-5-13-16(20)19(15(17-13)11(2)3)14-10-18-8-6-12(14)7-9-18/h11-15,17H,4-10H2,1-3H3. The van der Waals surface area contributed by atoms with Gasteiger partial charge in [0.2, 0.25) is 5.91 Å². The second-order valence-corrected chi connectivity index (χ2v) is 7.15. The van der Waals surface area contributed by atoms with Crippen molar-refractivity contribution in [3.05, 3.63) is 0 Å². The lowest BCUT2D eigenvalue weighted by molar-refractivity contribution is -0.137. The van der Waals surface area contributed by atoms with Gasteiger partial charge in [-0.3, -0.25) is 10.1 Å². The van der Waals surface area contributed by atoms with Crippen LogP contribution in [0.1, 0.15) is 46.5 Å². The Morgan fingerprint density at radius 1 is 1.30 bits per heavy atom. The van der Waals surface area contributed by atoms with Gasteiger partial charge < -0.3 is 9.80 Å². The van der Waals surface area contributed by atoms with Crippen LogP contribution in [-0.4, -0.2) is 53.6 Å². The maximum Gasteiger partial charge on any atom is 0.241 e. The number of carbonyl (C=O) groups is 1. The normalized spacial score (nSPS) is 40.9. The van der Waals surface area contributed by atoms with Crippen molar-refractivity contribution in [3.8, 4) is 0 Å². The average Bonchev–Trinajstić information content (AvgIpc) is 2.78. The Kier molecular flexibility index (Phi) is 4.04. The summed E-state index contributed by atoms with van der Waals surface area (Å²) in [7, 11) is 0. The summed E-state index contributed by atoms with van der Waals surface area (Å²) in [6.45, 7) is 10.2. The molecule has 4 fully saturated rings. The van der Waals surface area contributed by atoms with Crippen molar-refractivity contribution >= 4 is 5.91 Å². The van der Waals surface area contributed by atoms with Crippen molar-refractivity contribution in [1.29, 1.82) is 0 Å². The van der Waals surface area contributed by atoms with Crippen LogP contribution < -0.4 is 5.32 Å². The SMILES string of the molecule is CCCC1NC(C(C)C)N(C2CN3CCC2CC3)C1=O. The lowest BCUT2D eigenvalue weighted by Crippen LogP contribution is -2.60. The van der Waals surface area contributed by atoms with Gasteiger partial charge in [-0.05, 0) is 44.2 Å². The molecule has 0 saturated carbocycles. The summed E-state index contributed by atoms with van der Waals surface area (Å²) in [6, 6.07) is 0.509. The Bertz CT molecular complexity index is 363. The van der Waals surface area contributed by atoms with Crippen molar-refractivity contribution in [2.24, 2.45) is 11.8 Å². The van der Waals surface area contributed by atoms with Crippen molar-refractivity contribution in [1.82, 2.24) is 15.1 Å². The second-order valence-electron chi connectivity index (χ2n) is 7.15. The molecule has 4 aliphatic rings. The number of nitrogens with one attached hydrogen (secondary N) is 1. The number of hydrogen-bond donors (Lipinski definition) is 1. The van der Waals surface area contributed by atoms with Crippen LogP contribution in [0.2, 0.25) is 0 Å². The third-order valence-electron chi connectivity index (χ3n) is 5.41. The highest BCUT2D eigenvalue weighted by Gasteiger charge is 2.48. The molecular weight excluding hydrogens is 250 g/mol. The molecule has 114 valence electrons. The van der Waals surface area contributed by atoms with Crippen LogP contribution in [0.5, 0.6) is 0 Å². The zero-order chi connectivity index (χ0) is 14.3.